The normalized spacial score (nSPS) is 14.8. The first kappa shape index (κ1) is 29.4. The summed E-state index contributed by atoms with van der Waals surface area (Å²) in [5.74, 6) is 0.638. The van der Waals surface area contributed by atoms with Gasteiger partial charge in [-0.2, -0.15) is 0 Å². The number of piperazine rings is 1. The molecule has 1 aliphatic heterocycles. The molecule has 0 N–H and O–H groups in total. The summed E-state index contributed by atoms with van der Waals surface area (Å²) in [6, 6.07) is 14.4. The predicted octanol–water partition coefficient (Wildman–Crippen LogP) is 6.17. The van der Waals surface area contributed by atoms with Crippen LogP contribution in [0.4, 0.5) is 10.5 Å². The average Bonchev–Trinajstić information content (AvgIpc) is 2.93. The number of fused-ring (bicyclic) bond motifs is 1. The van der Waals surface area contributed by atoms with Crippen LogP contribution in [0.5, 0.6) is 5.75 Å². The van der Waals surface area contributed by atoms with Gasteiger partial charge < -0.3 is 18.6 Å². The van der Waals surface area contributed by atoms with Crippen LogP contribution in [0.25, 0.3) is 10.9 Å². The molecule has 9 nitrogen and oxygen atoms in total. The van der Waals surface area contributed by atoms with Crippen molar-refractivity contribution in [3.8, 4) is 5.75 Å². The lowest BCUT2D eigenvalue weighted by Crippen LogP contribution is -2.46. The largest absolute Gasteiger partial charge is 0.524 e. The van der Waals surface area contributed by atoms with Crippen molar-refractivity contribution in [3.05, 3.63) is 68.9 Å². The van der Waals surface area contributed by atoms with E-state index in [-0.39, 0.29) is 5.56 Å². The Hall–Kier alpha value is -2.63. The van der Waals surface area contributed by atoms with Crippen LogP contribution in [0.1, 0.15) is 26.0 Å². The summed E-state index contributed by atoms with van der Waals surface area (Å²) in [6.45, 7) is 6.86. The van der Waals surface area contributed by atoms with Gasteiger partial charge in [-0.25, -0.2) is 4.79 Å². The highest BCUT2D eigenvalue weighted by Gasteiger charge is 2.20. The van der Waals surface area contributed by atoms with Gasteiger partial charge in [0.2, 0.25) is 12.3 Å². The van der Waals surface area contributed by atoms with E-state index in [9.17, 15) is 9.59 Å². The number of anilines is 1. The molecular weight excluding hydrogens is 565 g/mol. The van der Waals surface area contributed by atoms with Gasteiger partial charge in [0.25, 0.3) is 5.56 Å². The Balaban J connectivity index is 1.26. The van der Waals surface area contributed by atoms with Gasteiger partial charge in [0.05, 0.1) is 35.0 Å². The topological polar surface area (TPSA) is 82.5 Å². The third-order valence-electron chi connectivity index (χ3n) is 6.49. The van der Waals surface area contributed by atoms with Crippen LogP contribution in [0.15, 0.2) is 53.3 Å². The molecule has 2 aromatic carbocycles. The van der Waals surface area contributed by atoms with E-state index >= 15 is 0 Å². The van der Waals surface area contributed by atoms with Crippen molar-refractivity contribution in [2.75, 3.05) is 51.3 Å². The maximum absolute atomic E-state index is 12.6. The molecule has 2 heterocycles. The Morgan fingerprint density at radius 1 is 1.05 bits per heavy atom. The van der Waals surface area contributed by atoms with E-state index in [1.165, 1.54) is 17.7 Å². The second-order valence-corrected chi connectivity index (χ2v) is 10.4. The van der Waals surface area contributed by atoms with Crippen LogP contribution >= 0.6 is 35.5 Å². The van der Waals surface area contributed by atoms with Crippen LogP contribution in [0, 0.1) is 0 Å². The second-order valence-electron chi connectivity index (χ2n) is 9.00. The number of hydrogen-bond donors (Lipinski definition) is 0. The van der Waals surface area contributed by atoms with Gasteiger partial charge in [-0.15, -0.1) is 0 Å². The minimum Gasteiger partial charge on any atom is -0.494 e. The Bertz CT molecular complexity index is 1330. The van der Waals surface area contributed by atoms with Crippen molar-refractivity contribution in [3.63, 3.8) is 0 Å². The molecule has 1 unspecified atom stereocenters. The molecule has 1 aromatic heterocycles. The zero-order valence-corrected chi connectivity index (χ0v) is 24.1. The minimum atomic E-state index is -0.958. The number of halogens is 2. The van der Waals surface area contributed by atoms with Gasteiger partial charge in [-0.3, -0.25) is 18.4 Å². The van der Waals surface area contributed by atoms with E-state index in [4.69, 9.17) is 36.9 Å². The number of nitrogens with zero attached hydrogens (tertiary/aromatic N) is 3. The number of carbonyl (C=O) groups excluding carboxylic acids is 1. The van der Waals surface area contributed by atoms with Crippen molar-refractivity contribution >= 4 is 58.3 Å². The average molecular weight is 597 g/mol. The molecule has 1 atom stereocenters. The molecule has 1 aliphatic rings. The van der Waals surface area contributed by atoms with Crippen LogP contribution < -0.4 is 15.2 Å². The van der Waals surface area contributed by atoms with Crippen molar-refractivity contribution in [2.24, 2.45) is 0 Å². The van der Waals surface area contributed by atoms with E-state index < -0.39 is 12.4 Å². The number of hydrogen-bond acceptors (Lipinski definition) is 9. The molecule has 0 spiro atoms. The molecule has 0 radical (unpaired) electrons. The Morgan fingerprint density at radius 2 is 1.82 bits per heavy atom. The number of rotatable bonds is 11. The number of aromatic nitrogens is 1. The lowest BCUT2D eigenvalue weighted by atomic mass is 10.2. The van der Waals surface area contributed by atoms with Gasteiger partial charge >= 0.3 is 6.16 Å². The molecule has 12 heteroatoms. The molecule has 0 bridgehead atoms. The smallest absolute Gasteiger partial charge is 0.494 e. The highest BCUT2D eigenvalue weighted by atomic mass is 35.5. The van der Waals surface area contributed by atoms with Crippen molar-refractivity contribution in [2.45, 2.75) is 26.0 Å². The first-order valence-corrected chi connectivity index (χ1v) is 14.1. The standard InChI is InChI=1S/C27H31Cl2N3O6S/c1-19(37-27(34)38-39-35-2)32-24-18-21(10-8-20(24)9-11-25(32)33)36-17-4-3-12-30-13-15-31(16-14-30)23-7-5-6-22(28)26(23)29/h5-11,18-19H,3-4,12-17H2,1-2H3. The fourth-order valence-electron chi connectivity index (χ4n) is 4.55. The zero-order chi connectivity index (χ0) is 27.8. The van der Waals surface area contributed by atoms with Gasteiger partial charge in [-0.05, 0) is 62.0 Å². The Kier molecular flexibility index (Phi) is 10.6. The van der Waals surface area contributed by atoms with Crippen molar-refractivity contribution < 1.29 is 22.6 Å². The first-order chi connectivity index (χ1) is 18.9. The number of unbranched alkanes of at least 4 members (excludes halogenated alkanes) is 1. The first-order valence-electron chi connectivity index (χ1n) is 12.6. The van der Waals surface area contributed by atoms with Gasteiger partial charge in [0.1, 0.15) is 5.75 Å². The number of carbonyl (C=O) groups is 1. The van der Waals surface area contributed by atoms with Crippen molar-refractivity contribution in [1.82, 2.24) is 9.47 Å². The fourth-order valence-corrected chi connectivity index (χ4v) is 5.13. The third-order valence-corrected chi connectivity index (χ3v) is 7.64. The fraction of sp³-hybridized carbons (Fsp3) is 0.407. The van der Waals surface area contributed by atoms with E-state index in [0.717, 1.165) is 56.6 Å². The Labute approximate surface area is 241 Å². The molecule has 4 rings (SSSR count). The third kappa shape index (κ3) is 7.73. The zero-order valence-electron chi connectivity index (χ0n) is 21.8. The van der Waals surface area contributed by atoms with E-state index in [1.54, 1.807) is 25.1 Å². The van der Waals surface area contributed by atoms with Crippen molar-refractivity contribution in [1.29, 1.82) is 0 Å². The highest BCUT2D eigenvalue weighted by molar-refractivity contribution is 7.90. The highest BCUT2D eigenvalue weighted by Crippen LogP contribution is 2.33. The molecule has 0 aliphatic carbocycles. The summed E-state index contributed by atoms with van der Waals surface area (Å²) in [6.07, 6.45) is 0.0441. The van der Waals surface area contributed by atoms with Gasteiger partial charge in [0.15, 0.2) is 6.23 Å². The summed E-state index contributed by atoms with van der Waals surface area (Å²) in [5.41, 5.74) is 1.28. The van der Waals surface area contributed by atoms with Gasteiger partial charge in [0, 0.05) is 38.3 Å². The van der Waals surface area contributed by atoms with E-state index in [2.05, 4.69) is 14.0 Å². The SMILES string of the molecule is COSOC(=O)OC(C)n1c(=O)ccc2ccc(OCCCCN3CCN(c4cccc(Cl)c4Cl)CC3)cc21. The lowest BCUT2D eigenvalue weighted by molar-refractivity contribution is 0.0374. The second kappa shape index (κ2) is 14.1. The van der Waals surface area contributed by atoms with Crippen LogP contribution in [-0.2, 0) is 13.1 Å². The van der Waals surface area contributed by atoms with Crippen LogP contribution in [-0.4, -0.2) is 62.1 Å². The number of benzene rings is 2. The molecule has 210 valence electrons. The minimum absolute atomic E-state index is 0.308. The summed E-state index contributed by atoms with van der Waals surface area (Å²) in [4.78, 5) is 29.2. The molecular formula is C27H31Cl2N3O6S. The summed E-state index contributed by atoms with van der Waals surface area (Å²) in [7, 11) is 1.36. The molecule has 39 heavy (non-hydrogen) atoms. The number of ether oxygens (including phenoxy) is 2. The monoisotopic (exact) mass is 595 g/mol. The number of pyridine rings is 1. The maximum Gasteiger partial charge on any atom is 0.524 e. The molecule has 3 aromatic rings. The molecule has 1 saturated heterocycles. The van der Waals surface area contributed by atoms with E-state index in [1.807, 2.05) is 24.3 Å². The van der Waals surface area contributed by atoms with Gasteiger partial charge in [-0.1, -0.05) is 29.3 Å². The quantitative estimate of drug-likeness (QED) is 0.147. The molecule has 1 fully saturated rings. The summed E-state index contributed by atoms with van der Waals surface area (Å²) in [5, 5.41) is 2.01. The summed E-state index contributed by atoms with van der Waals surface area (Å²) < 4.78 is 21.9. The van der Waals surface area contributed by atoms with Crippen LogP contribution in [0.2, 0.25) is 10.0 Å². The lowest BCUT2D eigenvalue weighted by Gasteiger charge is -2.36. The maximum atomic E-state index is 12.6. The van der Waals surface area contributed by atoms with E-state index in [0.29, 0.717) is 40.2 Å². The molecule has 0 amide bonds. The molecule has 0 saturated carbocycles. The van der Waals surface area contributed by atoms with Crippen LogP contribution in [0.3, 0.4) is 0 Å². The predicted molar refractivity (Wildman–Crippen MR) is 155 cm³/mol. The summed E-state index contributed by atoms with van der Waals surface area (Å²) >= 11 is 13.0. The Morgan fingerprint density at radius 3 is 2.59 bits per heavy atom.